The Labute approximate surface area is 214 Å². The summed E-state index contributed by atoms with van der Waals surface area (Å²) in [7, 11) is 1.92. The van der Waals surface area contributed by atoms with Crippen molar-refractivity contribution >= 4 is 35.3 Å². The summed E-state index contributed by atoms with van der Waals surface area (Å²) >= 11 is 1.44. The van der Waals surface area contributed by atoms with E-state index in [1.165, 1.54) is 11.8 Å². The van der Waals surface area contributed by atoms with Gasteiger partial charge in [0.1, 0.15) is 22.7 Å². The molecule has 188 valence electrons. The van der Waals surface area contributed by atoms with Gasteiger partial charge in [-0.15, -0.1) is 0 Å². The SMILES string of the molecule is CSc1ncc2c(n1)N(C)CCN(c1cccc(O[C@@](C)(CCOC(N)=O)c3ccccc3)c1)C2=O. The maximum Gasteiger partial charge on any atom is 0.404 e. The predicted octanol–water partition coefficient (Wildman–Crippen LogP) is 4.07. The third-order valence-electron chi connectivity index (χ3n) is 6.11. The van der Waals surface area contributed by atoms with Crippen LogP contribution in [0.2, 0.25) is 0 Å². The van der Waals surface area contributed by atoms with Crippen molar-refractivity contribution in [2.75, 3.05) is 42.8 Å². The van der Waals surface area contributed by atoms with Gasteiger partial charge in [-0.2, -0.15) is 0 Å². The standard InChI is InChI=1S/C26H29N5O4S/c1-26(12-15-34-24(27)33,18-8-5-4-6-9-18)35-20-11-7-10-19(16-20)31-14-13-30(2)22-21(23(31)32)17-28-25(29-22)36-3/h4-11,16-17H,12-15H2,1-3H3,(H2,27,33)/t26-/m0/s1. The first kappa shape index (κ1) is 25.3. The number of nitrogens with two attached hydrogens (primary N) is 1. The number of thioether (sulfide) groups is 1. The highest BCUT2D eigenvalue weighted by atomic mass is 32.2. The Kier molecular flexibility index (Phi) is 7.64. The van der Waals surface area contributed by atoms with Crippen LogP contribution in [0.1, 0.15) is 29.3 Å². The second-order valence-electron chi connectivity index (χ2n) is 8.59. The van der Waals surface area contributed by atoms with Crippen molar-refractivity contribution in [2.45, 2.75) is 24.1 Å². The maximum absolute atomic E-state index is 13.5. The number of amides is 2. The van der Waals surface area contributed by atoms with Crippen LogP contribution in [-0.4, -0.2) is 55.0 Å². The minimum absolute atomic E-state index is 0.103. The quantitative estimate of drug-likeness (QED) is 0.359. The van der Waals surface area contributed by atoms with Crippen LogP contribution < -0.4 is 20.3 Å². The van der Waals surface area contributed by atoms with Crippen LogP contribution in [0.5, 0.6) is 5.75 Å². The summed E-state index contributed by atoms with van der Waals surface area (Å²) in [6.07, 6.45) is 3.06. The zero-order chi connectivity index (χ0) is 25.7. The normalized spacial score (nSPS) is 15.0. The molecule has 0 unspecified atom stereocenters. The molecule has 2 heterocycles. The molecule has 0 aliphatic carbocycles. The summed E-state index contributed by atoms with van der Waals surface area (Å²) < 4.78 is 11.5. The molecule has 1 aliphatic heterocycles. The molecule has 0 spiro atoms. The second kappa shape index (κ2) is 10.9. The molecule has 36 heavy (non-hydrogen) atoms. The van der Waals surface area contributed by atoms with Crippen LogP contribution >= 0.6 is 11.8 Å². The molecule has 0 saturated carbocycles. The molecule has 2 aromatic carbocycles. The van der Waals surface area contributed by atoms with Crippen LogP contribution in [0.4, 0.5) is 16.3 Å². The van der Waals surface area contributed by atoms with Crippen molar-refractivity contribution < 1.29 is 19.1 Å². The van der Waals surface area contributed by atoms with Gasteiger partial charge in [-0.05, 0) is 30.9 Å². The highest BCUT2D eigenvalue weighted by molar-refractivity contribution is 7.98. The van der Waals surface area contributed by atoms with Crippen molar-refractivity contribution in [3.63, 3.8) is 0 Å². The fourth-order valence-electron chi connectivity index (χ4n) is 4.11. The molecule has 1 atom stereocenters. The minimum Gasteiger partial charge on any atom is -0.483 e. The lowest BCUT2D eigenvalue weighted by atomic mass is 9.92. The lowest BCUT2D eigenvalue weighted by Crippen LogP contribution is -2.34. The Morgan fingerprint density at radius 3 is 2.67 bits per heavy atom. The van der Waals surface area contributed by atoms with Gasteiger partial charge in [0.15, 0.2) is 5.16 Å². The fraction of sp³-hybridized carbons (Fsp3) is 0.308. The number of carbonyl (C=O) groups is 2. The molecule has 0 radical (unpaired) electrons. The Balaban J connectivity index is 1.62. The van der Waals surface area contributed by atoms with Gasteiger partial charge in [-0.1, -0.05) is 48.2 Å². The number of nitrogens with zero attached hydrogens (tertiary/aromatic N) is 4. The van der Waals surface area contributed by atoms with Gasteiger partial charge in [0.25, 0.3) is 5.91 Å². The molecule has 9 nitrogen and oxygen atoms in total. The van der Waals surface area contributed by atoms with E-state index in [0.29, 0.717) is 47.5 Å². The number of hydrogen-bond donors (Lipinski definition) is 1. The van der Waals surface area contributed by atoms with Crippen molar-refractivity contribution in [1.29, 1.82) is 0 Å². The van der Waals surface area contributed by atoms with Crippen LogP contribution in [0.15, 0.2) is 66.0 Å². The van der Waals surface area contributed by atoms with Crippen LogP contribution in [0, 0.1) is 0 Å². The van der Waals surface area contributed by atoms with Gasteiger partial charge in [0.2, 0.25) is 0 Å². The van der Waals surface area contributed by atoms with Crippen LogP contribution in [0.3, 0.4) is 0 Å². The number of aromatic nitrogens is 2. The van der Waals surface area contributed by atoms with Gasteiger partial charge in [0, 0.05) is 44.5 Å². The summed E-state index contributed by atoms with van der Waals surface area (Å²) in [5, 5.41) is 0.623. The number of primary amides is 1. The Morgan fingerprint density at radius 1 is 1.17 bits per heavy atom. The van der Waals surface area contributed by atoms with Crippen molar-refractivity contribution in [3.8, 4) is 5.75 Å². The van der Waals surface area contributed by atoms with E-state index in [0.717, 1.165) is 5.56 Å². The number of carbonyl (C=O) groups excluding carboxylic acids is 2. The van der Waals surface area contributed by atoms with Gasteiger partial charge >= 0.3 is 6.09 Å². The number of hydrogen-bond acceptors (Lipinski definition) is 8. The van der Waals surface area contributed by atoms with E-state index < -0.39 is 11.7 Å². The molecule has 0 bridgehead atoms. The van der Waals surface area contributed by atoms with E-state index in [9.17, 15) is 9.59 Å². The Bertz CT molecular complexity index is 1240. The highest BCUT2D eigenvalue weighted by Gasteiger charge is 2.31. The van der Waals surface area contributed by atoms with Gasteiger partial charge < -0.3 is 25.0 Å². The van der Waals surface area contributed by atoms with Crippen LogP contribution in [0.25, 0.3) is 0 Å². The summed E-state index contributed by atoms with van der Waals surface area (Å²) in [6, 6.07) is 17.1. The van der Waals surface area contributed by atoms with E-state index in [1.54, 1.807) is 11.1 Å². The largest absolute Gasteiger partial charge is 0.483 e. The van der Waals surface area contributed by atoms with Crippen molar-refractivity contribution in [1.82, 2.24) is 9.97 Å². The number of likely N-dealkylation sites (N-methyl/N-ethyl adjacent to an activating group) is 1. The number of ether oxygens (including phenoxy) is 2. The smallest absolute Gasteiger partial charge is 0.404 e. The van der Waals surface area contributed by atoms with E-state index >= 15 is 0 Å². The topological polar surface area (TPSA) is 111 Å². The molecule has 3 aromatic rings. The molecule has 1 aliphatic rings. The molecule has 2 N–H and O–H groups in total. The maximum atomic E-state index is 13.5. The van der Waals surface area contributed by atoms with Crippen molar-refractivity contribution in [2.24, 2.45) is 5.73 Å². The zero-order valence-electron chi connectivity index (χ0n) is 20.5. The number of anilines is 2. The summed E-state index contributed by atoms with van der Waals surface area (Å²) in [4.78, 5) is 37.2. The molecule has 10 heteroatoms. The molecular weight excluding hydrogens is 478 g/mol. The average molecular weight is 508 g/mol. The third kappa shape index (κ3) is 5.54. The zero-order valence-corrected chi connectivity index (χ0v) is 21.3. The predicted molar refractivity (Wildman–Crippen MR) is 140 cm³/mol. The van der Waals surface area contributed by atoms with Crippen LogP contribution in [-0.2, 0) is 10.3 Å². The summed E-state index contributed by atoms with van der Waals surface area (Å²) in [6.45, 7) is 3.13. The molecular formula is C26H29N5O4S. The molecule has 0 saturated heterocycles. The average Bonchev–Trinajstić information content (AvgIpc) is 3.00. The van der Waals surface area contributed by atoms with Crippen molar-refractivity contribution in [3.05, 3.63) is 71.9 Å². The van der Waals surface area contributed by atoms with E-state index in [2.05, 4.69) is 9.97 Å². The monoisotopic (exact) mass is 507 g/mol. The third-order valence-corrected chi connectivity index (χ3v) is 6.67. The Hall–Kier alpha value is -3.79. The Morgan fingerprint density at radius 2 is 1.94 bits per heavy atom. The molecule has 2 amide bonds. The summed E-state index contributed by atoms with van der Waals surface area (Å²) in [5.74, 6) is 1.04. The summed E-state index contributed by atoms with van der Waals surface area (Å²) in [5.41, 5.74) is 6.43. The number of benzene rings is 2. The number of rotatable bonds is 8. The lowest BCUT2D eigenvalue weighted by molar-refractivity contribution is 0.0500. The first-order valence-electron chi connectivity index (χ1n) is 11.5. The van der Waals surface area contributed by atoms with E-state index in [-0.39, 0.29) is 12.5 Å². The molecule has 4 rings (SSSR count). The highest BCUT2D eigenvalue weighted by Crippen LogP contribution is 2.34. The number of fused-ring (bicyclic) bond motifs is 1. The molecule has 0 fully saturated rings. The minimum atomic E-state index is -0.828. The van der Waals surface area contributed by atoms with E-state index in [4.69, 9.17) is 15.2 Å². The molecule has 1 aromatic heterocycles. The lowest BCUT2D eigenvalue weighted by Gasteiger charge is -2.32. The van der Waals surface area contributed by atoms with Gasteiger partial charge in [0.05, 0.1) is 6.61 Å². The van der Waals surface area contributed by atoms with Gasteiger partial charge in [-0.25, -0.2) is 14.8 Å². The van der Waals surface area contributed by atoms with E-state index in [1.807, 2.05) is 79.7 Å². The first-order chi connectivity index (χ1) is 17.3. The van der Waals surface area contributed by atoms with Gasteiger partial charge in [-0.3, -0.25) is 4.79 Å². The second-order valence-corrected chi connectivity index (χ2v) is 9.36. The fourth-order valence-corrected chi connectivity index (χ4v) is 4.45. The first-order valence-corrected chi connectivity index (χ1v) is 12.7.